The smallest absolute Gasteiger partial charge is 0.326 e. The van der Waals surface area contributed by atoms with E-state index >= 15 is 0 Å². The molecule has 0 radical (unpaired) electrons. The molecule has 3 aromatic rings. The van der Waals surface area contributed by atoms with Gasteiger partial charge in [-0.1, -0.05) is 48.5 Å². The van der Waals surface area contributed by atoms with Crippen LogP contribution in [0.3, 0.4) is 0 Å². The van der Waals surface area contributed by atoms with E-state index in [9.17, 15) is 29.1 Å². The molecule has 0 saturated heterocycles. The van der Waals surface area contributed by atoms with E-state index < -0.39 is 54.3 Å². The Bertz CT molecular complexity index is 1320. The molecule has 4 amide bonds. The third-order valence-electron chi connectivity index (χ3n) is 6.10. The van der Waals surface area contributed by atoms with Gasteiger partial charge in [0.2, 0.25) is 23.6 Å². The van der Waals surface area contributed by atoms with Crippen molar-refractivity contribution in [1.82, 2.24) is 20.9 Å². The second kappa shape index (κ2) is 13.7. The molecular weight excluding hydrogens is 504 g/mol. The van der Waals surface area contributed by atoms with Crippen LogP contribution in [0.25, 0.3) is 10.9 Å². The summed E-state index contributed by atoms with van der Waals surface area (Å²) in [6.45, 7) is -0.546. The van der Waals surface area contributed by atoms with Gasteiger partial charge in [-0.3, -0.25) is 19.2 Å². The van der Waals surface area contributed by atoms with Crippen LogP contribution in [0.4, 0.5) is 0 Å². The van der Waals surface area contributed by atoms with Gasteiger partial charge in [-0.25, -0.2) is 4.79 Å². The van der Waals surface area contributed by atoms with Crippen molar-refractivity contribution in [2.75, 3.05) is 6.54 Å². The van der Waals surface area contributed by atoms with Gasteiger partial charge in [-0.2, -0.15) is 0 Å². The van der Waals surface area contributed by atoms with E-state index in [2.05, 4.69) is 20.9 Å². The fourth-order valence-electron chi connectivity index (χ4n) is 4.05. The van der Waals surface area contributed by atoms with Gasteiger partial charge >= 0.3 is 5.97 Å². The van der Waals surface area contributed by atoms with Gasteiger partial charge in [0.15, 0.2) is 0 Å². The predicted octanol–water partition coefficient (Wildman–Crippen LogP) is -0.284. The molecule has 1 aromatic heterocycles. The van der Waals surface area contributed by atoms with Crippen LogP contribution in [0, 0.1) is 0 Å². The van der Waals surface area contributed by atoms with Gasteiger partial charge in [0.1, 0.15) is 12.1 Å². The summed E-state index contributed by atoms with van der Waals surface area (Å²) in [5.74, 6) is -4.00. The van der Waals surface area contributed by atoms with Gasteiger partial charge in [-0.05, 0) is 30.0 Å². The number of aliphatic carboxylic acids is 1. The summed E-state index contributed by atoms with van der Waals surface area (Å²) >= 11 is 0. The summed E-state index contributed by atoms with van der Waals surface area (Å²) in [6.07, 6.45) is 1.64. The largest absolute Gasteiger partial charge is 0.480 e. The molecule has 12 heteroatoms. The zero-order valence-corrected chi connectivity index (χ0v) is 21.2. The Morgan fingerprint density at radius 1 is 0.872 bits per heavy atom. The lowest BCUT2D eigenvalue weighted by molar-refractivity contribution is -0.141. The summed E-state index contributed by atoms with van der Waals surface area (Å²) in [5, 5.41) is 17.7. The number of carboxylic acid groups (broad SMARTS) is 1. The van der Waals surface area contributed by atoms with Crippen LogP contribution in [0.1, 0.15) is 24.0 Å². The van der Waals surface area contributed by atoms with Crippen LogP contribution in [-0.4, -0.2) is 64.4 Å². The first kappa shape index (κ1) is 28.9. The van der Waals surface area contributed by atoms with E-state index in [-0.39, 0.29) is 25.7 Å². The second-order valence-electron chi connectivity index (χ2n) is 9.10. The number of primary amides is 1. The van der Waals surface area contributed by atoms with Crippen molar-refractivity contribution >= 4 is 40.5 Å². The van der Waals surface area contributed by atoms with E-state index in [4.69, 9.17) is 11.5 Å². The summed E-state index contributed by atoms with van der Waals surface area (Å²) in [6, 6.07) is 13.1. The Labute approximate surface area is 224 Å². The number of para-hydroxylation sites is 1. The zero-order valence-electron chi connectivity index (χ0n) is 21.2. The number of hydrogen-bond donors (Lipinski definition) is 7. The number of nitrogens with two attached hydrogens (primary N) is 2. The molecule has 39 heavy (non-hydrogen) atoms. The molecule has 12 nitrogen and oxygen atoms in total. The van der Waals surface area contributed by atoms with E-state index in [0.717, 1.165) is 16.5 Å². The minimum atomic E-state index is -1.24. The molecule has 0 aliphatic rings. The molecule has 2 aromatic carbocycles. The minimum Gasteiger partial charge on any atom is -0.480 e. The fraction of sp³-hybridized carbons (Fsp3) is 0.296. The van der Waals surface area contributed by atoms with Crippen molar-refractivity contribution in [2.45, 2.75) is 43.8 Å². The van der Waals surface area contributed by atoms with Crippen molar-refractivity contribution in [1.29, 1.82) is 0 Å². The second-order valence-corrected chi connectivity index (χ2v) is 9.10. The monoisotopic (exact) mass is 536 g/mol. The number of benzene rings is 2. The normalized spacial score (nSPS) is 13.2. The van der Waals surface area contributed by atoms with Crippen LogP contribution >= 0.6 is 0 Å². The van der Waals surface area contributed by atoms with E-state index in [0.29, 0.717) is 5.56 Å². The molecular formula is C27H32N6O6. The molecule has 0 bridgehead atoms. The number of carbonyl (C=O) groups is 5. The number of aromatic amines is 1. The zero-order chi connectivity index (χ0) is 28.4. The number of fused-ring (bicyclic) bond motifs is 1. The Morgan fingerprint density at radius 2 is 1.56 bits per heavy atom. The quantitative estimate of drug-likeness (QED) is 0.146. The number of carbonyl (C=O) groups excluding carboxylic acids is 4. The van der Waals surface area contributed by atoms with Crippen LogP contribution in [0.15, 0.2) is 60.8 Å². The highest BCUT2D eigenvalue weighted by molar-refractivity contribution is 5.93. The Hall–Kier alpha value is -4.71. The van der Waals surface area contributed by atoms with Crippen LogP contribution in [-0.2, 0) is 36.8 Å². The number of aromatic nitrogens is 1. The molecule has 0 aliphatic heterocycles. The third-order valence-corrected chi connectivity index (χ3v) is 6.10. The lowest BCUT2D eigenvalue weighted by Gasteiger charge is -2.21. The molecule has 0 fully saturated rings. The topological polar surface area (TPSA) is 209 Å². The van der Waals surface area contributed by atoms with E-state index in [1.54, 1.807) is 6.20 Å². The van der Waals surface area contributed by atoms with Gasteiger partial charge in [0.25, 0.3) is 0 Å². The van der Waals surface area contributed by atoms with Gasteiger partial charge in [-0.15, -0.1) is 0 Å². The number of hydrogen-bond acceptors (Lipinski definition) is 6. The lowest BCUT2D eigenvalue weighted by Crippen LogP contribution is -2.54. The Morgan fingerprint density at radius 3 is 2.26 bits per heavy atom. The van der Waals surface area contributed by atoms with Crippen molar-refractivity contribution in [3.63, 3.8) is 0 Å². The maximum Gasteiger partial charge on any atom is 0.326 e. The highest BCUT2D eigenvalue weighted by Gasteiger charge is 2.26. The van der Waals surface area contributed by atoms with Gasteiger partial charge in [0, 0.05) is 29.9 Å². The maximum absolute atomic E-state index is 12.8. The number of nitrogens with one attached hydrogen (secondary N) is 4. The summed E-state index contributed by atoms with van der Waals surface area (Å²) in [5.41, 5.74) is 13.6. The van der Waals surface area contributed by atoms with E-state index in [1.807, 2.05) is 54.6 Å². The fourth-order valence-corrected chi connectivity index (χ4v) is 4.05. The van der Waals surface area contributed by atoms with Crippen molar-refractivity contribution in [3.05, 3.63) is 71.9 Å². The first-order valence-corrected chi connectivity index (χ1v) is 12.4. The highest BCUT2D eigenvalue weighted by atomic mass is 16.4. The summed E-state index contributed by atoms with van der Waals surface area (Å²) in [4.78, 5) is 64.0. The molecule has 0 saturated carbocycles. The average Bonchev–Trinajstić information content (AvgIpc) is 3.32. The summed E-state index contributed by atoms with van der Waals surface area (Å²) in [7, 11) is 0. The van der Waals surface area contributed by atoms with E-state index in [1.165, 1.54) is 0 Å². The molecule has 206 valence electrons. The van der Waals surface area contributed by atoms with Crippen LogP contribution in [0.2, 0.25) is 0 Å². The van der Waals surface area contributed by atoms with Crippen LogP contribution in [0.5, 0.6) is 0 Å². The Kier molecular flexibility index (Phi) is 10.2. The molecule has 3 rings (SSSR count). The van der Waals surface area contributed by atoms with Crippen molar-refractivity contribution in [3.8, 4) is 0 Å². The average molecular weight is 537 g/mol. The first-order chi connectivity index (χ1) is 18.6. The van der Waals surface area contributed by atoms with Crippen molar-refractivity contribution in [2.24, 2.45) is 11.5 Å². The van der Waals surface area contributed by atoms with Crippen molar-refractivity contribution < 1.29 is 29.1 Å². The van der Waals surface area contributed by atoms with Gasteiger partial charge in [0.05, 0.1) is 12.6 Å². The number of carboxylic acids is 1. The van der Waals surface area contributed by atoms with Crippen LogP contribution < -0.4 is 27.4 Å². The van der Waals surface area contributed by atoms with Gasteiger partial charge < -0.3 is 37.5 Å². The summed E-state index contributed by atoms with van der Waals surface area (Å²) < 4.78 is 0. The number of rotatable bonds is 14. The molecule has 9 N–H and O–H groups in total. The lowest BCUT2D eigenvalue weighted by atomic mass is 10.0. The highest BCUT2D eigenvalue weighted by Crippen LogP contribution is 2.19. The molecule has 3 unspecified atom stereocenters. The first-order valence-electron chi connectivity index (χ1n) is 12.4. The predicted molar refractivity (Wildman–Crippen MR) is 143 cm³/mol. The minimum absolute atomic E-state index is 0.0234. The Balaban J connectivity index is 1.57. The number of amides is 4. The number of H-pyrrole nitrogens is 1. The third kappa shape index (κ3) is 8.68. The molecule has 0 aliphatic carbocycles. The standard InChI is InChI=1S/C27H32N6O6/c28-19(12-16-6-2-1-3-7-16)25(36)33-21(10-11-23(29)34)26(37)31-15-24(35)32-22(27(38)39)13-17-14-30-20-9-5-4-8-18(17)20/h1-9,14,19,21-22,30H,10-13,15,28H2,(H2,29,34)(H,31,37)(H,32,35)(H,33,36)(H,38,39). The maximum atomic E-state index is 12.8. The molecule has 1 heterocycles. The molecule has 3 atom stereocenters. The SMILES string of the molecule is NC(=O)CCC(NC(=O)C(N)Cc1ccccc1)C(=O)NCC(=O)NC(Cc1c[nH]c2ccccc12)C(=O)O. The molecule has 0 spiro atoms.